The molecule has 1 atom stereocenters. The average Bonchev–Trinajstić information content (AvgIpc) is 2.44. The van der Waals surface area contributed by atoms with Crippen molar-refractivity contribution in [2.75, 3.05) is 13.6 Å². The van der Waals surface area contributed by atoms with Crippen LogP contribution in [0.3, 0.4) is 0 Å². The molecule has 0 aliphatic heterocycles. The minimum absolute atomic E-state index is 0.0869. The summed E-state index contributed by atoms with van der Waals surface area (Å²) in [4.78, 5) is 6.55. The first-order valence-corrected chi connectivity index (χ1v) is 7.42. The van der Waals surface area contributed by atoms with Crippen molar-refractivity contribution in [1.82, 2.24) is 9.88 Å². The minimum atomic E-state index is 0.0869. The van der Waals surface area contributed by atoms with Gasteiger partial charge in [-0.25, -0.2) is 0 Å². The first-order valence-electron chi connectivity index (χ1n) is 7.42. The number of unbranched alkanes of at least 4 members (excludes halogenated alkanes) is 3. The number of hydrogen-bond donors (Lipinski definition) is 1. The molecule has 0 fully saturated rings. The molecule has 0 aliphatic rings. The summed E-state index contributed by atoms with van der Waals surface area (Å²) in [6, 6.07) is 4.11. The Morgan fingerprint density at radius 3 is 2.68 bits per heavy atom. The minimum Gasteiger partial charge on any atom is -0.329 e. The van der Waals surface area contributed by atoms with Crippen LogP contribution in [0.5, 0.6) is 0 Å². The molecule has 0 aromatic carbocycles. The first-order chi connectivity index (χ1) is 9.12. The van der Waals surface area contributed by atoms with E-state index in [4.69, 9.17) is 5.73 Å². The monoisotopic (exact) mass is 263 g/mol. The van der Waals surface area contributed by atoms with E-state index in [2.05, 4.69) is 36.8 Å². The fourth-order valence-corrected chi connectivity index (χ4v) is 2.34. The van der Waals surface area contributed by atoms with Gasteiger partial charge in [-0.05, 0) is 32.0 Å². The fraction of sp³-hybridized carbons (Fsp3) is 0.688. The van der Waals surface area contributed by atoms with Crippen LogP contribution in [-0.2, 0) is 6.54 Å². The van der Waals surface area contributed by atoms with Gasteiger partial charge in [0.1, 0.15) is 0 Å². The molecule has 1 aromatic rings. The molecular weight excluding hydrogens is 234 g/mol. The molecule has 108 valence electrons. The molecule has 1 unspecified atom stereocenters. The second kappa shape index (κ2) is 8.28. The zero-order valence-corrected chi connectivity index (χ0v) is 12.7. The summed E-state index contributed by atoms with van der Waals surface area (Å²) >= 11 is 0. The maximum atomic E-state index is 6.02. The predicted molar refractivity (Wildman–Crippen MR) is 81.9 cm³/mol. The van der Waals surface area contributed by atoms with E-state index in [0.29, 0.717) is 6.54 Å². The molecule has 0 radical (unpaired) electrons. The van der Waals surface area contributed by atoms with Crippen molar-refractivity contribution < 1.29 is 0 Å². The van der Waals surface area contributed by atoms with Gasteiger partial charge in [0.05, 0.1) is 0 Å². The van der Waals surface area contributed by atoms with Crippen LogP contribution >= 0.6 is 0 Å². The van der Waals surface area contributed by atoms with Crippen LogP contribution in [0, 0.1) is 0 Å². The lowest BCUT2D eigenvalue weighted by Gasteiger charge is -2.38. The van der Waals surface area contributed by atoms with E-state index < -0.39 is 0 Å². The molecule has 0 saturated carbocycles. The van der Waals surface area contributed by atoms with Crippen molar-refractivity contribution in [1.29, 1.82) is 0 Å². The second-order valence-corrected chi connectivity index (χ2v) is 5.73. The Hall–Kier alpha value is -0.930. The van der Waals surface area contributed by atoms with Crippen LogP contribution in [0.15, 0.2) is 24.5 Å². The van der Waals surface area contributed by atoms with E-state index in [-0.39, 0.29) is 5.54 Å². The summed E-state index contributed by atoms with van der Waals surface area (Å²) in [6.07, 6.45) is 10.1. The van der Waals surface area contributed by atoms with Gasteiger partial charge in [0.2, 0.25) is 0 Å². The molecule has 19 heavy (non-hydrogen) atoms. The predicted octanol–water partition coefficient (Wildman–Crippen LogP) is 3.20. The van der Waals surface area contributed by atoms with E-state index in [1.54, 1.807) is 0 Å². The highest BCUT2D eigenvalue weighted by atomic mass is 15.2. The van der Waals surface area contributed by atoms with E-state index in [9.17, 15) is 0 Å². The third-order valence-electron chi connectivity index (χ3n) is 4.07. The normalized spacial score (nSPS) is 14.6. The van der Waals surface area contributed by atoms with E-state index >= 15 is 0 Å². The maximum absolute atomic E-state index is 6.02. The SMILES string of the molecule is CCCCCCC(C)(CN)N(C)Cc1cccnc1. The van der Waals surface area contributed by atoms with Crippen molar-refractivity contribution >= 4 is 0 Å². The molecule has 0 aliphatic carbocycles. The average molecular weight is 263 g/mol. The molecule has 2 N–H and O–H groups in total. The summed E-state index contributed by atoms with van der Waals surface area (Å²) in [5, 5.41) is 0. The molecule has 0 spiro atoms. The molecular formula is C16H29N3. The third-order valence-corrected chi connectivity index (χ3v) is 4.07. The quantitative estimate of drug-likeness (QED) is 0.696. The summed E-state index contributed by atoms with van der Waals surface area (Å²) < 4.78 is 0. The van der Waals surface area contributed by atoms with Gasteiger partial charge in [-0.2, -0.15) is 0 Å². The Morgan fingerprint density at radius 2 is 2.11 bits per heavy atom. The fourth-order valence-electron chi connectivity index (χ4n) is 2.34. The Morgan fingerprint density at radius 1 is 1.32 bits per heavy atom. The summed E-state index contributed by atoms with van der Waals surface area (Å²) in [7, 11) is 2.17. The van der Waals surface area contributed by atoms with E-state index in [0.717, 1.165) is 6.54 Å². The highest BCUT2D eigenvalue weighted by molar-refractivity contribution is 5.09. The van der Waals surface area contributed by atoms with Crippen LogP contribution in [0.4, 0.5) is 0 Å². The standard InChI is InChI=1S/C16H29N3/c1-4-5-6-7-10-16(2,14-17)19(3)13-15-9-8-11-18-12-15/h8-9,11-12H,4-7,10,13-14,17H2,1-3H3. The van der Waals surface area contributed by atoms with Crippen molar-refractivity contribution in [2.45, 2.75) is 58.0 Å². The van der Waals surface area contributed by atoms with Gasteiger partial charge >= 0.3 is 0 Å². The van der Waals surface area contributed by atoms with E-state index in [1.165, 1.54) is 37.7 Å². The number of aromatic nitrogens is 1. The lowest BCUT2D eigenvalue weighted by Crippen LogP contribution is -2.49. The lowest BCUT2D eigenvalue weighted by molar-refractivity contribution is 0.122. The summed E-state index contributed by atoms with van der Waals surface area (Å²) in [5.74, 6) is 0. The largest absolute Gasteiger partial charge is 0.329 e. The zero-order valence-electron chi connectivity index (χ0n) is 12.7. The third kappa shape index (κ3) is 5.29. The van der Waals surface area contributed by atoms with Gasteiger partial charge in [0, 0.05) is 31.0 Å². The van der Waals surface area contributed by atoms with Crippen LogP contribution < -0.4 is 5.73 Å². The molecule has 0 saturated heterocycles. The molecule has 1 heterocycles. The molecule has 1 aromatic heterocycles. The Kier molecular flexibility index (Phi) is 7.03. The topological polar surface area (TPSA) is 42.1 Å². The highest BCUT2D eigenvalue weighted by Crippen LogP contribution is 2.22. The van der Waals surface area contributed by atoms with Crippen LogP contribution in [0.1, 0.15) is 51.5 Å². The highest BCUT2D eigenvalue weighted by Gasteiger charge is 2.27. The van der Waals surface area contributed by atoms with Crippen LogP contribution in [0.2, 0.25) is 0 Å². The van der Waals surface area contributed by atoms with Crippen LogP contribution in [0.25, 0.3) is 0 Å². The van der Waals surface area contributed by atoms with Gasteiger partial charge in [-0.15, -0.1) is 0 Å². The zero-order chi connectivity index (χ0) is 14.1. The van der Waals surface area contributed by atoms with Gasteiger partial charge in [-0.1, -0.05) is 38.7 Å². The smallest absolute Gasteiger partial charge is 0.0312 e. The van der Waals surface area contributed by atoms with Crippen molar-refractivity contribution in [3.05, 3.63) is 30.1 Å². The molecule has 3 nitrogen and oxygen atoms in total. The van der Waals surface area contributed by atoms with Crippen LogP contribution in [-0.4, -0.2) is 29.0 Å². The molecule has 0 amide bonds. The number of hydrogen-bond acceptors (Lipinski definition) is 3. The first kappa shape index (κ1) is 16.1. The van der Waals surface area contributed by atoms with Gasteiger partial charge in [0.15, 0.2) is 0 Å². The number of rotatable bonds is 9. The van der Waals surface area contributed by atoms with Gasteiger partial charge in [0.25, 0.3) is 0 Å². The Labute approximate surface area is 118 Å². The number of nitrogens with zero attached hydrogens (tertiary/aromatic N) is 2. The molecule has 1 rings (SSSR count). The van der Waals surface area contributed by atoms with Gasteiger partial charge in [-0.3, -0.25) is 9.88 Å². The summed E-state index contributed by atoms with van der Waals surface area (Å²) in [5.41, 5.74) is 7.35. The van der Waals surface area contributed by atoms with Crippen molar-refractivity contribution in [3.8, 4) is 0 Å². The number of nitrogens with two attached hydrogens (primary N) is 1. The van der Waals surface area contributed by atoms with E-state index in [1.807, 2.05) is 18.5 Å². The Bertz CT molecular complexity index is 339. The summed E-state index contributed by atoms with van der Waals surface area (Å²) in [6.45, 7) is 6.14. The molecule has 0 bridgehead atoms. The molecule has 3 heteroatoms. The van der Waals surface area contributed by atoms with Crippen molar-refractivity contribution in [2.24, 2.45) is 5.73 Å². The number of pyridine rings is 1. The second-order valence-electron chi connectivity index (χ2n) is 5.73. The Balaban J connectivity index is 2.51. The lowest BCUT2D eigenvalue weighted by atomic mass is 9.92. The maximum Gasteiger partial charge on any atom is 0.0312 e. The van der Waals surface area contributed by atoms with Crippen molar-refractivity contribution in [3.63, 3.8) is 0 Å². The van der Waals surface area contributed by atoms with Gasteiger partial charge < -0.3 is 5.73 Å². The number of likely N-dealkylation sites (N-methyl/N-ethyl adjacent to an activating group) is 1.